The molecule has 0 spiro atoms. The van der Waals surface area contributed by atoms with Crippen LogP contribution in [0.25, 0.3) is 11.1 Å². The van der Waals surface area contributed by atoms with Crippen molar-refractivity contribution in [3.63, 3.8) is 0 Å². The van der Waals surface area contributed by atoms with Crippen molar-refractivity contribution in [3.05, 3.63) is 58.6 Å². The Labute approximate surface area is 164 Å². The molecule has 3 rings (SSSR count). The van der Waals surface area contributed by atoms with E-state index < -0.39 is 11.2 Å². The number of likely N-dealkylation sites (tertiary alicyclic amines) is 1. The van der Waals surface area contributed by atoms with E-state index in [1.807, 2.05) is 38.1 Å². The molecule has 1 heterocycles. The van der Waals surface area contributed by atoms with Crippen molar-refractivity contribution < 1.29 is 10.2 Å². The number of rotatable bonds is 5. The second kappa shape index (κ2) is 7.81. The summed E-state index contributed by atoms with van der Waals surface area (Å²) in [5, 5.41) is 21.2. The van der Waals surface area contributed by atoms with Crippen LogP contribution in [0.3, 0.4) is 0 Å². The van der Waals surface area contributed by atoms with Crippen LogP contribution < -0.4 is 0 Å². The van der Waals surface area contributed by atoms with Gasteiger partial charge >= 0.3 is 0 Å². The molecular formula is C22H28BrNO2. The third kappa shape index (κ3) is 5.17. The Morgan fingerprint density at radius 2 is 1.69 bits per heavy atom. The number of piperidine rings is 1. The molecule has 26 heavy (non-hydrogen) atoms. The van der Waals surface area contributed by atoms with Crippen molar-refractivity contribution in [3.8, 4) is 11.1 Å². The van der Waals surface area contributed by atoms with Gasteiger partial charge in [0.05, 0.1) is 11.2 Å². The first kappa shape index (κ1) is 19.6. The lowest BCUT2D eigenvalue weighted by Crippen LogP contribution is -2.49. The molecule has 140 valence electrons. The maximum Gasteiger partial charge on any atom is 0.0786 e. The van der Waals surface area contributed by atoms with Gasteiger partial charge in [0.1, 0.15) is 0 Å². The molecule has 2 N–H and O–H groups in total. The molecule has 0 aliphatic carbocycles. The molecule has 1 saturated heterocycles. The lowest BCUT2D eigenvalue weighted by atomic mass is 9.88. The van der Waals surface area contributed by atoms with Crippen molar-refractivity contribution in [1.29, 1.82) is 0 Å². The predicted molar refractivity (Wildman–Crippen MR) is 110 cm³/mol. The van der Waals surface area contributed by atoms with E-state index in [-0.39, 0.29) is 0 Å². The lowest BCUT2D eigenvalue weighted by molar-refractivity contribution is -0.0363. The van der Waals surface area contributed by atoms with Crippen LogP contribution in [0, 0.1) is 0 Å². The minimum Gasteiger partial charge on any atom is -0.390 e. The minimum atomic E-state index is -0.811. The van der Waals surface area contributed by atoms with Crippen molar-refractivity contribution in [1.82, 2.24) is 4.90 Å². The van der Waals surface area contributed by atoms with Crippen LogP contribution in [-0.2, 0) is 6.42 Å². The summed E-state index contributed by atoms with van der Waals surface area (Å²) in [5.41, 5.74) is 2.12. The summed E-state index contributed by atoms with van der Waals surface area (Å²) in [6.07, 6.45) is 2.13. The molecule has 2 aromatic rings. The van der Waals surface area contributed by atoms with Crippen LogP contribution in [0.1, 0.15) is 32.3 Å². The summed E-state index contributed by atoms with van der Waals surface area (Å²) >= 11 is 3.49. The number of hydrogen-bond acceptors (Lipinski definition) is 3. The zero-order chi connectivity index (χ0) is 18.8. The Morgan fingerprint density at radius 3 is 2.35 bits per heavy atom. The van der Waals surface area contributed by atoms with Gasteiger partial charge in [0.25, 0.3) is 0 Å². The first-order chi connectivity index (χ1) is 12.2. The summed E-state index contributed by atoms with van der Waals surface area (Å²) in [4.78, 5) is 2.26. The van der Waals surface area contributed by atoms with Gasteiger partial charge in [-0.05, 0) is 55.5 Å². The van der Waals surface area contributed by atoms with Gasteiger partial charge in [0.2, 0.25) is 0 Å². The number of nitrogens with zero attached hydrogens (tertiary/aromatic N) is 1. The van der Waals surface area contributed by atoms with E-state index in [1.165, 1.54) is 5.56 Å². The van der Waals surface area contributed by atoms with Gasteiger partial charge in [-0.25, -0.2) is 0 Å². The summed E-state index contributed by atoms with van der Waals surface area (Å²) in [6, 6.07) is 16.6. The fraction of sp³-hybridized carbons (Fsp3) is 0.455. The fourth-order valence-corrected chi connectivity index (χ4v) is 3.99. The van der Waals surface area contributed by atoms with Gasteiger partial charge in [-0.1, -0.05) is 52.3 Å². The normalized spacial score (nSPS) is 19.9. The van der Waals surface area contributed by atoms with E-state index in [4.69, 9.17) is 0 Å². The van der Waals surface area contributed by atoms with Gasteiger partial charge in [0.15, 0.2) is 0 Å². The highest BCUT2D eigenvalue weighted by atomic mass is 79.9. The molecule has 0 saturated carbocycles. The zero-order valence-corrected chi connectivity index (χ0v) is 17.2. The van der Waals surface area contributed by atoms with E-state index in [0.717, 1.165) is 41.5 Å². The van der Waals surface area contributed by atoms with Crippen LogP contribution in [-0.4, -0.2) is 45.9 Å². The quantitative estimate of drug-likeness (QED) is 0.763. The topological polar surface area (TPSA) is 43.7 Å². The van der Waals surface area contributed by atoms with Gasteiger partial charge in [-0.2, -0.15) is 0 Å². The number of benzene rings is 2. The summed E-state index contributed by atoms with van der Waals surface area (Å²) in [5.74, 6) is 0. The Kier molecular flexibility index (Phi) is 5.88. The van der Waals surface area contributed by atoms with E-state index in [9.17, 15) is 10.2 Å². The van der Waals surface area contributed by atoms with Crippen LogP contribution >= 0.6 is 15.9 Å². The van der Waals surface area contributed by atoms with E-state index in [0.29, 0.717) is 13.0 Å². The first-order valence-electron chi connectivity index (χ1n) is 9.25. The Morgan fingerprint density at radius 1 is 1.08 bits per heavy atom. The lowest BCUT2D eigenvalue weighted by Gasteiger charge is -2.39. The number of halogens is 1. The fourth-order valence-electron chi connectivity index (χ4n) is 3.73. The third-order valence-electron chi connectivity index (χ3n) is 5.24. The SMILES string of the molecule is CC1(O)CCN(CC(C)(O)Cc2ccccc2-c2ccc(Br)cc2)CC1. The second-order valence-electron chi connectivity index (χ2n) is 8.11. The summed E-state index contributed by atoms with van der Waals surface area (Å²) in [6.45, 7) is 6.10. The van der Waals surface area contributed by atoms with Gasteiger partial charge in [-0.3, -0.25) is 0 Å². The zero-order valence-electron chi connectivity index (χ0n) is 15.6. The van der Waals surface area contributed by atoms with E-state index >= 15 is 0 Å². The number of hydrogen-bond donors (Lipinski definition) is 2. The standard InChI is InChI=1S/C22H28BrNO2/c1-21(25)11-13-24(14-12-21)16-22(2,26)15-18-5-3-4-6-20(18)17-7-9-19(23)10-8-17/h3-10,25-26H,11-16H2,1-2H3. The largest absolute Gasteiger partial charge is 0.390 e. The second-order valence-corrected chi connectivity index (χ2v) is 9.03. The summed E-state index contributed by atoms with van der Waals surface area (Å²) < 4.78 is 1.06. The molecule has 0 bridgehead atoms. The summed E-state index contributed by atoms with van der Waals surface area (Å²) in [7, 11) is 0. The molecule has 1 unspecified atom stereocenters. The first-order valence-corrected chi connectivity index (χ1v) is 10.0. The molecule has 0 radical (unpaired) electrons. The van der Waals surface area contributed by atoms with Crippen LogP contribution in [0.15, 0.2) is 53.0 Å². The van der Waals surface area contributed by atoms with Gasteiger partial charge < -0.3 is 15.1 Å². The van der Waals surface area contributed by atoms with Crippen molar-refractivity contribution in [2.45, 2.75) is 44.3 Å². The monoisotopic (exact) mass is 417 g/mol. The van der Waals surface area contributed by atoms with Crippen molar-refractivity contribution in [2.75, 3.05) is 19.6 Å². The van der Waals surface area contributed by atoms with E-state index in [1.54, 1.807) is 0 Å². The maximum atomic E-state index is 11.1. The van der Waals surface area contributed by atoms with Gasteiger partial charge in [-0.15, -0.1) is 0 Å². The number of aliphatic hydroxyl groups is 2. The molecule has 1 fully saturated rings. The predicted octanol–water partition coefficient (Wildman–Crippen LogP) is 4.26. The molecule has 2 aromatic carbocycles. The smallest absolute Gasteiger partial charge is 0.0786 e. The molecular weight excluding hydrogens is 390 g/mol. The molecule has 1 atom stereocenters. The van der Waals surface area contributed by atoms with Crippen LogP contribution in [0.5, 0.6) is 0 Å². The van der Waals surface area contributed by atoms with Crippen LogP contribution in [0.2, 0.25) is 0 Å². The maximum absolute atomic E-state index is 11.1. The molecule has 1 aliphatic heterocycles. The molecule has 3 nitrogen and oxygen atoms in total. The highest BCUT2D eigenvalue weighted by Gasteiger charge is 2.31. The Balaban J connectivity index is 1.73. The van der Waals surface area contributed by atoms with Gasteiger partial charge in [0, 0.05) is 30.5 Å². The highest BCUT2D eigenvalue weighted by molar-refractivity contribution is 9.10. The van der Waals surface area contributed by atoms with Crippen molar-refractivity contribution in [2.24, 2.45) is 0 Å². The molecule has 0 amide bonds. The average molecular weight is 418 g/mol. The van der Waals surface area contributed by atoms with Crippen LogP contribution in [0.4, 0.5) is 0 Å². The Bertz CT molecular complexity index is 730. The number of β-amino-alcohol motifs (C(OH)–C–C–N with tert-alkyl or cyclic N) is 1. The Hall–Kier alpha value is -1.20. The van der Waals surface area contributed by atoms with E-state index in [2.05, 4.69) is 45.1 Å². The molecule has 1 aliphatic rings. The minimum absolute atomic E-state index is 0.559. The average Bonchev–Trinajstić information content (AvgIpc) is 2.58. The van der Waals surface area contributed by atoms with Crippen molar-refractivity contribution >= 4 is 15.9 Å². The molecule has 4 heteroatoms. The molecule has 0 aromatic heterocycles. The third-order valence-corrected chi connectivity index (χ3v) is 5.77. The highest BCUT2D eigenvalue weighted by Crippen LogP contribution is 2.29.